The molecule has 0 aliphatic heterocycles. The van der Waals surface area contributed by atoms with E-state index in [1.807, 2.05) is 0 Å². The van der Waals surface area contributed by atoms with Crippen molar-refractivity contribution in [3.63, 3.8) is 0 Å². The number of furan rings is 1. The summed E-state index contributed by atoms with van der Waals surface area (Å²) >= 11 is 6.05. The van der Waals surface area contributed by atoms with E-state index in [9.17, 15) is 10.1 Å². The zero-order valence-electron chi connectivity index (χ0n) is 10.9. The number of halogens is 1. The second-order valence-corrected chi connectivity index (χ2v) is 4.60. The number of nitrogens with one attached hydrogen (secondary N) is 1. The Morgan fingerprint density at radius 1 is 1.36 bits per heavy atom. The van der Waals surface area contributed by atoms with Crippen LogP contribution in [0.1, 0.15) is 5.76 Å². The van der Waals surface area contributed by atoms with Gasteiger partial charge in [0, 0.05) is 17.7 Å². The van der Waals surface area contributed by atoms with Gasteiger partial charge >= 0.3 is 0 Å². The molecule has 0 unspecified atom stereocenters. The van der Waals surface area contributed by atoms with Gasteiger partial charge in [-0.15, -0.1) is 0 Å². The maximum atomic E-state index is 10.7. The van der Waals surface area contributed by atoms with Crippen LogP contribution >= 0.6 is 11.6 Å². The number of nitrogens with zero attached hydrogens (tertiary/aromatic N) is 4. The summed E-state index contributed by atoms with van der Waals surface area (Å²) in [6.07, 6.45) is 2.82. The summed E-state index contributed by atoms with van der Waals surface area (Å²) in [6.45, 7) is 0. The first-order chi connectivity index (χ1) is 10.6. The van der Waals surface area contributed by atoms with E-state index in [0.29, 0.717) is 23.0 Å². The number of benzene rings is 1. The molecule has 9 heteroatoms. The molecule has 2 heterocycles. The van der Waals surface area contributed by atoms with Gasteiger partial charge in [0.25, 0.3) is 5.69 Å². The second-order valence-electron chi connectivity index (χ2n) is 4.19. The molecule has 22 heavy (non-hydrogen) atoms. The van der Waals surface area contributed by atoms with Crippen LogP contribution in [0.3, 0.4) is 0 Å². The van der Waals surface area contributed by atoms with Gasteiger partial charge in [-0.3, -0.25) is 10.1 Å². The summed E-state index contributed by atoms with van der Waals surface area (Å²) < 4.78 is 5.58. The highest BCUT2D eigenvalue weighted by Gasteiger charge is 2.13. The molecule has 0 aliphatic carbocycles. The molecule has 2 aromatic heterocycles. The van der Waals surface area contributed by atoms with Crippen molar-refractivity contribution in [3.05, 3.63) is 57.6 Å². The van der Waals surface area contributed by atoms with Gasteiger partial charge in [0.2, 0.25) is 5.95 Å². The summed E-state index contributed by atoms with van der Waals surface area (Å²) in [7, 11) is 0. The fourth-order valence-electron chi connectivity index (χ4n) is 1.77. The van der Waals surface area contributed by atoms with E-state index in [4.69, 9.17) is 16.0 Å². The molecule has 0 fully saturated rings. The third-order valence-corrected chi connectivity index (χ3v) is 3.08. The molecule has 0 saturated carbocycles. The summed E-state index contributed by atoms with van der Waals surface area (Å²) in [5, 5.41) is 17.2. The van der Waals surface area contributed by atoms with Crippen molar-refractivity contribution in [1.82, 2.24) is 15.2 Å². The van der Waals surface area contributed by atoms with Crippen molar-refractivity contribution < 1.29 is 9.34 Å². The van der Waals surface area contributed by atoms with Crippen molar-refractivity contribution in [2.75, 3.05) is 0 Å². The Balaban J connectivity index is 1.86. The minimum atomic E-state index is -0.507. The van der Waals surface area contributed by atoms with Gasteiger partial charge < -0.3 is 4.42 Å². The number of H-pyrrole nitrogens is 1. The highest BCUT2D eigenvalue weighted by Crippen LogP contribution is 2.32. The van der Waals surface area contributed by atoms with Crippen molar-refractivity contribution in [1.29, 1.82) is 0 Å². The highest BCUT2D eigenvalue weighted by atomic mass is 35.5. The Labute approximate surface area is 128 Å². The molecule has 0 atom stereocenters. The van der Waals surface area contributed by atoms with Crippen LogP contribution in [0.2, 0.25) is 5.02 Å². The smallest absolute Gasteiger partial charge is 0.270 e. The maximum absolute atomic E-state index is 10.7. The van der Waals surface area contributed by atoms with Gasteiger partial charge in [-0.2, -0.15) is 10.1 Å². The fourth-order valence-corrected chi connectivity index (χ4v) is 2.04. The monoisotopic (exact) mass is 317 g/mol. The van der Waals surface area contributed by atoms with Gasteiger partial charge in [0.05, 0.1) is 16.2 Å². The van der Waals surface area contributed by atoms with E-state index in [-0.39, 0.29) is 10.7 Å². The summed E-state index contributed by atoms with van der Waals surface area (Å²) in [5.41, 5.74) is 0.485. The number of non-ortho nitro benzene ring substituents is 1. The van der Waals surface area contributed by atoms with Gasteiger partial charge in [0.15, 0.2) is 0 Å². The third kappa shape index (κ3) is 2.86. The Morgan fingerprint density at radius 3 is 2.91 bits per heavy atom. The molecule has 0 bridgehead atoms. The Morgan fingerprint density at radius 2 is 2.23 bits per heavy atom. The SMILES string of the molecule is O=[N+]([O-])c1ccc(-c2ccc(/C=N/c3ncn[nH]3)o2)c(Cl)c1. The highest BCUT2D eigenvalue weighted by molar-refractivity contribution is 6.33. The van der Waals surface area contributed by atoms with Crippen LogP contribution in [0, 0.1) is 10.1 Å². The molecule has 3 rings (SSSR count). The van der Waals surface area contributed by atoms with Crippen LogP contribution in [-0.4, -0.2) is 26.3 Å². The average molecular weight is 318 g/mol. The van der Waals surface area contributed by atoms with Crippen LogP contribution in [0.15, 0.2) is 46.1 Å². The Hall–Kier alpha value is -3.00. The van der Waals surface area contributed by atoms with E-state index in [1.54, 1.807) is 12.1 Å². The summed E-state index contributed by atoms with van der Waals surface area (Å²) in [6, 6.07) is 7.59. The Bertz CT molecular complexity index is 841. The predicted octanol–water partition coefficient (Wildman–Crippen LogP) is 3.38. The Kier molecular flexibility index (Phi) is 3.67. The van der Waals surface area contributed by atoms with E-state index in [1.165, 1.54) is 30.7 Å². The molecule has 0 radical (unpaired) electrons. The van der Waals surface area contributed by atoms with Crippen molar-refractivity contribution >= 4 is 29.5 Å². The van der Waals surface area contributed by atoms with Gasteiger partial charge in [-0.05, 0) is 18.2 Å². The van der Waals surface area contributed by atoms with Crippen molar-refractivity contribution in [3.8, 4) is 11.3 Å². The number of aromatic nitrogens is 3. The molecule has 1 N–H and O–H groups in total. The minimum absolute atomic E-state index is 0.0765. The lowest BCUT2D eigenvalue weighted by molar-refractivity contribution is -0.384. The van der Waals surface area contributed by atoms with Crippen molar-refractivity contribution in [2.45, 2.75) is 0 Å². The lowest BCUT2D eigenvalue weighted by Crippen LogP contribution is -1.88. The molecule has 0 amide bonds. The molecule has 8 nitrogen and oxygen atoms in total. The number of aromatic amines is 1. The fraction of sp³-hybridized carbons (Fsp3) is 0. The molecular weight excluding hydrogens is 310 g/mol. The normalized spacial score (nSPS) is 11.1. The van der Waals surface area contributed by atoms with Crippen LogP contribution in [0.4, 0.5) is 11.6 Å². The quantitative estimate of drug-likeness (QED) is 0.450. The number of rotatable bonds is 4. The van der Waals surface area contributed by atoms with E-state index in [0.717, 1.165) is 0 Å². The molecule has 1 aromatic carbocycles. The first-order valence-electron chi connectivity index (χ1n) is 6.07. The number of nitro benzene ring substituents is 1. The standard InChI is InChI=1S/C13H8ClN5O3/c14-11-5-8(19(20)21)1-3-10(11)12-4-2-9(22-12)6-15-13-16-7-17-18-13/h1-7H,(H,16,17,18)/b15-6+. The molecule has 0 saturated heterocycles. The van der Waals surface area contributed by atoms with Gasteiger partial charge in [-0.25, -0.2) is 10.1 Å². The second kappa shape index (κ2) is 5.78. The van der Waals surface area contributed by atoms with Crippen LogP contribution in [-0.2, 0) is 0 Å². The van der Waals surface area contributed by atoms with E-state index >= 15 is 0 Å². The third-order valence-electron chi connectivity index (χ3n) is 2.77. The minimum Gasteiger partial charge on any atom is -0.455 e. The number of nitro groups is 1. The number of hydrogen-bond acceptors (Lipinski definition) is 6. The number of aliphatic imine (C=N–C) groups is 1. The summed E-state index contributed by atoms with van der Waals surface area (Å²) in [4.78, 5) is 18.1. The number of hydrogen-bond donors (Lipinski definition) is 1. The van der Waals surface area contributed by atoms with Crippen LogP contribution in [0.5, 0.6) is 0 Å². The lowest BCUT2D eigenvalue weighted by atomic mass is 10.1. The molecular formula is C13H8ClN5O3. The molecule has 110 valence electrons. The summed E-state index contributed by atoms with van der Waals surface area (Å²) in [5.74, 6) is 1.33. The zero-order chi connectivity index (χ0) is 15.5. The average Bonchev–Trinajstić information content (AvgIpc) is 3.16. The zero-order valence-corrected chi connectivity index (χ0v) is 11.7. The van der Waals surface area contributed by atoms with Crippen molar-refractivity contribution in [2.24, 2.45) is 4.99 Å². The van der Waals surface area contributed by atoms with Crippen LogP contribution in [0.25, 0.3) is 11.3 Å². The largest absolute Gasteiger partial charge is 0.455 e. The topological polar surface area (TPSA) is 110 Å². The molecule has 3 aromatic rings. The molecule has 0 aliphatic rings. The first-order valence-corrected chi connectivity index (χ1v) is 6.45. The maximum Gasteiger partial charge on any atom is 0.270 e. The van der Waals surface area contributed by atoms with E-state index < -0.39 is 4.92 Å². The predicted molar refractivity (Wildman–Crippen MR) is 79.4 cm³/mol. The lowest BCUT2D eigenvalue weighted by Gasteiger charge is -2.00. The van der Waals surface area contributed by atoms with Crippen LogP contribution < -0.4 is 0 Å². The first kappa shape index (κ1) is 14.0. The van der Waals surface area contributed by atoms with Gasteiger partial charge in [-0.1, -0.05) is 11.6 Å². The van der Waals surface area contributed by atoms with E-state index in [2.05, 4.69) is 20.2 Å². The molecule has 0 spiro atoms. The van der Waals surface area contributed by atoms with Gasteiger partial charge in [0.1, 0.15) is 17.8 Å².